The minimum atomic E-state index is -1.39. The van der Waals surface area contributed by atoms with Crippen molar-refractivity contribution in [2.45, 2.75) is 69.6 Å². The van der Waals surface area contributed by atoms with Crippen LogP contribution in [0.5, 0.6) is 0 Å². The first-order chi connectivity index (χ1) is 13.3. The minimum Gasteiger partial charge on any atom is -0.352 e. The average Bonchev–Trinajstić information content (AvgIpc) is 2.64. The molecule has 3 aliphatic rings. The SMILES string of the molecule is CC1=C(CC(=O)N[C@@H](C)C2NCC(F)CC2F)C(=O)NC2CCNC(C#N)C12. The summed E-state index contributed by atoms with van der Waals surface area (Å²) in [4.78, 5) is 25.0. The summed E-state index contributed by atoms with van der Waals surface area (Å²) in [5, 5.41) is 21.0. The molecule has 2 amide bonds. The molecule has 28 heavy (non-hydrogen) atoms. The summed E-state index contributed by atoms with van der Waals surface area (Å²) in [5.41, 5.74) is 1.10. The van der Waals surface area contributed by atoms with E-state index in [4.69, 9.17) is 0 Å². The number of halogens is 2. The zero-order valence-electron chi connectivity index (χ0n) is 16.1. The van der Waals surface area contributed by atoms with Gasteiger partial charge < -0.3 is 21.3 Å². The van der Waals surface area contributed by atoms with Crippen molar-refractivity contribution in [2.24, 2.45) is 5.92 Å². The Hall–Kier alpha value is -2.05. The van der Waals surface area contributed by atoms with Gasteiger partial charge in [0, 0.05) is 36.5 Å². The number of rotatable bonds is 4. The van der Waals surface area contributed by atoms with Crippen molar-refractivity contribution in [1.82, 2.24) is 21.3 Å². The standard InChI is InChI=1S/C19H27F2N5O2/c1-9-12(19(28)26-14-3-4-23-15(7-22)17(9)14)6-16(27)25-10(2)18-13(21)5-11(20)8-24-18/h10-11,13-15,17-18,23-24H,3-6,8H2,1-2H3,(H,25,27)(H,26,28)/t10-,11?,13?,14?,15?,17?,18?/m0/s1. The number of hydrogen-bond acceptors (Lipinski definition) is 5. The van der Waals surface area contributed by atoms with Crippen LogP contribution in [0.4, 0.5) is 8.78 Å². The number of alkyl halides is 2. The number of hydrogen-bond donors (Lipinski definition) is 4. The molecule has 154 valence electrons. The minimum absolute atomic E-state index is 0.0591. The molecule has 4 N–H and O–H groups in total. The van der Waals surface area contributed by atoms with Crippen LogP contribution in [-0.2, 0) is 9.59 Å². The first-order valence-corrected chi connectivity index (χ1v) is 9.76. The van der Waals surface area contributed by atoms with E-state index in [1.165, 1.54) is 0 Å². The van der Waals surface area contributed by atoms with Crippen molar-refractivity contribution >= 4 is 11.8 Å². The number of piperidine rings is 2. The smallest absolute Gasteiger partial charge is 0.247 e. The highest BCUT2D eigenvalue weighted by Crippen LogP contribution is 2.32. The van der Waals surface area contributed by atoms with Crippen molar-refractivity contribution in [2.75, 3.05) is 13.1 Å². The van der Waals surface area contributed by atoms with E-state index >= 15 is 0 Å². The van der Waals surface area contributed by atoms with Gasteiger partial charge in [0.2, 0.25) is 11.8 Å². The summed E-state index contributed by atoms with van der Waals surface area (Å²) in [6, 6.07) is 0.492. The van der Waals surface area contributed by atoms with Crippen LogP contribution in [0.3, 0.4) is 0 Å². The van der Waals surface area contributed by atoms with E-state index in [0.717, 1.165) is 12.0 Å². The third-order valence-electron chi connectivity index (χ3n) is 6.03. The Morgan fingerprint density at radius 2 is 2.14 bits per heavy atom. The Bertz CT molecular complexity index is 707. The molecule has 7 nitrogen and oxygen atoms in total. The Morgan fingerprint density at radius 1 is 1.39 bits per heavy atom. The van der Waals surface area contributed by atoms with Gasteiger partial charge in [0.25, 0.3) is 0 Å². The maximum Gasteiger partial charge on any atom is 0.247 e. The van der Waals surface area contributed by atoms with Crippen LogP contribution in [0.15, 0.2) is 11.1 Å². The van der Waals surface area contributed by atoms with Crippen molar-refractivity contribution in [3.8, 4) is 6.07 Å². The fourth-order valence-electron chi connectivity index (χ4n) is 4.54. The van der Waals surface area contributed by atoms with Gasteiger partial charge in [-0.25, -0.2) is 8.78 Å². The van der Waals surface area contributed by atoms with Crippen molar-refractivity contribution in [3.05, 3.63) is 11.1 Å². The van der Waals surface area contributed by atoms with Gasteiger partial charge in [-0.05, 0) is 26.8 Å². The van der Waals surface area contributed by atoms with Crippen molar-refractivity contribution < 1.29 is 18.4 Å². The fourth-order valence-corrected chi connectivity index (χ4v) is 4.54. The molecule has 3 rings (SSSR count). The van der Waals surface area contributed by atoms with Crippen LogP contribution < -0.4 is 21.3 Å². The van der Waals surface area contributed by atoms with Gasteiger partial charge in [-0.2, -0.15) is 5.26 Å². The number of fused-ring (bicyclic) bond motifs is 1. The Labute approximate surface area is 163 Å². The van der Waals surface area contributed by atoms with Gasteiger partial charge in [0.1, 0.15) is 18.4 Å². The Balaban J connectivity index is 1.67. The van der Waals surface area contributed by atoms with E-state index in [2.05, 4.69) is 27.3 Å². The normalized spacial score (nSPS) is 36.8. The van der Waals surface area contributed by atoms with E-state index in [9.17, 15) is 23.6 Å². The molecule has 0 saturated carbocycles. The summed E-state index contributed by atoms with van der Waals surface area (Å²) in [7, 11) is 0. The lowest BCUT2D eigenvalue weighted by Crippen LogP contribution is -2.59. The largest absolute Gasteiger partial charge is 0.352 e. The lowest BCUT2D eigenvalue weighted by atomic mass is 9.76. The quantitative estimate of drug-likeness (QED) is 0.546. The summed E-state index contributed by atoms with van der Waals surface area (Å²) >= 11 is 0. The maximum absolute atomic E-state index is 14.1. The Kier molecular flexibility index (Phi) is 6.30. The van der Waals surface area contributed by atoms with E-state index in [0.29, 0.717) is 12.1 Å². The number of amides is 2. The molecule has 0 aromatic rings. The fraction of sp³-hybridized carbons (Fsp3) is 0.737. The van der Waals surface area contributed by atoms with E-state index in [-0.39, 0.29) is 37.3 Å². The third kappa shape index (κ3) is 4.18. The number of carbonyl (C=O) groups is 2. The van der Waals surface area contributed by atoms with Crippen LogP contribution in [0.25, 0.3) is 0 Å². The van der Waals surface area contributed by atoms with Crippen molar-refractivity contribution in [3.63, 3.8) is 0 Å². The highest BCUT2D eigenvalue weighted by Gasteiger charge is 2.41. The molecule has 9 heteroatoms. The van der Waals surface area contributed by atoms with Crippen LogP contribution in [0.2, 0.25) is 0 Å². The molecule has 0 aliphatic carbocycles. The maximum atomic E-state index is 14.1. The molecule has 0 aromatic heterocycles. The van der Waals surface area contributed by atoms with Gasteiger partial charge >= 0.3 is 0 Å². The van der Waals surface area contributed by atoms with Crippen LogP contribution in [-0.4, -0.2) is 61.4 Å². The van der Waals surface area contributed by atoms with E-state index in [1.807, 2.05) is 0 Å². The zero-order valence-corrected chi connectivity index (χ0v) is 16.1. The number of carbonyl (C=O) groups excluding carboxylic acids is 2. The van der Waals surface area contributed by atoms with E-state index < -0.39 is 36.4 Å². The predicted octanol–water partition coefficient (Wildman–Crippen LogP) is 0.236. The Morgan fingerprint density at radius 3 is 2.82 bits per heavy atom. The zero-order chi connectivity index (χ0) is 20.4. The average molecular weight is 395 g/mol. The summed E-state index contributed by atoms with van der Waals surface area (Å²) in [6.45, 7) is 4.17. The highest BCUT2D eigenvalue weighted by atomic mass is 19.1. The topological polar surface area (TPSA) is 106 Å². The van der Waals surface area contributed by atoms with Crippen molar-refractivity contribution in [1.29, 1.82) is 5.26 Å². The van der Waals surface area contributed by atoms with Gasteiger partial charge in [-0.15, -0.1) is 0 Å². The monoisotopic (exact) mass is 395 g/mol. The first kappa shape index (κ1) is 20.7. The molecule has 0 aromatic carbocycles. The van der Waals surface area contributed by atoms with Gasteiger partial charge in [-0.1, -0.05) is 5.57 Å². The highest BCUT2D eigenvalue weighted by molar-refractivity contribution is 6.00. The van der Waals surface area contributed by atoms with E-state index in [1.54, 1.807) is 13.8 Å². The molecular weight excluding hydrogens is 368 g/mol. The molecule has 0 radical (unpaired) electrons. The lowest BCUT2D eigenvalue weighted by Gasteiger charge is -2.41. The molecule has 3 aliphatic heterocycles. The molecule has 2 fully saturated rings. The summed E-state index contributed by atoms with van der Waals surface area (Å²) in [5.74, 6) is -0.864. The first-order valence-electron chi connectivity index (χ1n) is 9.76. The molecule has 0 bridgehead atoms. The lowest BCUT2D eigenvalue weighted by molar-refractivity contribution is -0.124. The molecule has 6 unspecified atom stereocenters. The van der Waals surface area contributed by atoms with Gasteiger partial charge in [0.15, 0.2) is 0 Å². The predicted molar refractivity (Wildman–Crippen MR) is 98.6 cm³/mol. The molecule has 3 heterocycles. The second kappa shape index (κ2) is 8.53. The molecule has 7 atom stereocenters. The van der Waals surface area contributed by atoms with Crippen LogP contribution >= 0.6 is 0 Å². The molecule has 0 spiro atoms. The summed E-state index contributed by atoms with van der Waals surface area (Å²) < 4.78 is 27.3. The van der Waals surface area contributed by atoms with Crippen LogP contribution in [0.1, 0.15) is 33.1 Å². The summed E-state index contributed by atoms with van der Waals surface area (Å²) in [6.07, 6.45) is -2.21. The second-order valence-electron chi connectivity index (χ2n) is 7.93. The second-order valence-corrected chi connectivity index (χ2v) is 7.93. The molecular formula is C19H27F2N5O2. The number of nitrogens with one attached hydrogen (secondary N) is 4. The third-order valence-corrected chi connectivity index (χ3v) is 6.03. The number of nitriles is 1. The number of nitrogens with zero attached hydrogens (tertiary/aromatic N) is 1. The molecule has 2 saturated heterocycles. The van der Waals surface area contributed by atoms with Gasteiger partial charge in [0.05, 0.1) is 18.5 Å². The van der Waals surface area contributed by atoms with Gasteiger partial charge in [-0.3, -0.25) is 9.59 Å². The van der Waals surface area contributed by atoms with Crippen LogP contribution in [0, 0.1) is 17.2 Å².